The van der Waals surface area contributed by atoms with Gasteiger partial charge in [-0.25, -0.2) is 4.98 Å². The zero-order valence-electron chi connectivity index (χ0n) is 21.1. The van der Waals surface area contributed by atoms with Crippen LogP contribution in [0.1, 0.15) is 53.4 Å². The molecular weight excluding hydrogens is 444 g/mol. The maximum Gasteiger partial charge on any atom is 0.303 e. The predicted octanol–water partition coefficient (Wildman–Crippen LogP) is 4.89. The molecule has 4 rings (SSSR count). The van der Waals surface area contributed by atoms with Crippen molar-refractivity contribution >= 4 is 17.7 Å². The Kier molecular flexibility index (Phi) is 8.42. The zero-order valence-corrected chi connectivity index (χ0v) is 21.9. The molecule has 6 heteroatoms. The molecule has 1 aliphatic heterocycles. The van der Waals surface area contributed by atoms with Gasteiger partial charge >= 0.3 is 5.97 Å². The minimum atomic E-state index is -1.04. The summed E-state index contributed by atoms with van der Waals surface area (Å²) in [6.07, 6.45) is 11.4. The highest BCUT2D eigenvalue weighted by molar-refractivity contribution is 7.99. The van der Waals surface area contributed by atoms with Gasteiger partial charge in [-0.3, -0.25) is 4.79 Å². The molecule has 0 bridgehead atoms. The van der Waals surface area contributed by atoms with Gasteiger partial charge < -0.3 is 14.7 Å². The van der Waals surface area contributed by atoms with Crippen molar-refractivity contribution in [1.29, 1.82) is 0 Å². The smallest absolute Gasteiger partial charge is 0.303 e. The summed E-state index contributed by atoms with van der Waals surface area (Å²) >= 11 is 1.87. The molecule has 34 heavy (non-hydrogen) atoms. The Morgan fingerprint density at radius 2 is 2.21 bits per heavy atom. The monoisotopic (exact) mass is 484 g/mol. The van der Waals surface area contributed by atoms with Gasteiger partial charge in [0.25, 0.3) is 0 Å². The number of likely N-dealkylation sites (tertiary alicyclic amines) is 1. The van der Waals surface area contributed by atoms with Crippen molar-refractivity contribution in [1.82, 2.24) is 9.88 Å². The van der Waals surface area contributed by atoms with Crippen molar-refractivity contribution in [3.05, 3.63) is 42.5 Å². The van der Waals surface area contributed by atoms with Gasteiger partial charge in [0.1, 0.15) is 6.10 Å². The maximum absolute atomic E-state index is 11.7. The summed E-state index contributed by atoms with van der Waals surface area (Å²) in [6.45, 7) is 11.2. The van der Waals surface area contributed by atoms with Gasteiger partial charge in [0.2, 0.25) is 0 Å². The van der Waals surface area contributed by atoms with E-state index in [9.17, 15) is 9.90 Å². The van der Waals surface area contributed by atoms with Crippen LogP contribution in [0.5, 0.6) is 0 Å². The summed E-state index contributed by atoms with van der Waals surface area (Å²) < 4.78 is 5.46. The SMILES string of the molecule is CC(=O)O[C@@H]1[C][C@@]2(O)[C@H](C)CC[C@@H]([C@H](C)CN3CCCC(CSc4ccccn4)C3)[C@H]2C=C1C. The standard InChI is InChI=1S/C28H40N2O3S/c1-19-14-25-24(11-10-21(3)28(25,32)15-26(19)33-22(4)31)20(2)16-30-13-7-8-23(17-30)18-34-27-9-5-6-12-29-27/h5-6,9,12,14,20-21,23-26,32H,7-8,10-11,13,16-18H2,1-4H3/t20-,21-,23?,24+,25-,26-,28-/m1/s1. The molecule has 0 spiro atoms. The Bertz CT molecular complexity index is 862. The summed E-state index contributed by atoms with van der Waals surface area (Å²) in [5, 5.41) is 12.9. The average molecular weight is 485 g/mol. The van der Waals surface area contributed by atoms with Crippen LogP contribution in [0, 0.1) is 36.0 Å². The topological polar surface area (TPSA) is 62.7 Å². The van der Waals surface area contributed by atoms with Crippen LogP contribution in [0.3, 0.4) is 0 Å². The summed E-state index contributed by atoms with van der Waals surface area (Å²) in [5.41, 5.74) is -0.0543. The second-order valence-electron chi connectivity index (χ2n) is 10.8. The molecule has 1 aromatic rings. The Labute approximate surface area is 209 Å². The molecule has 2 fully saturated rings. The van der Waals surface area contributed by atoms with Gasteiger partial charge in [0.05, 0.1) is 17.0 Å². The number of rotatable bonds is 7. The average Bonchev–Trinajstić information content (AvgIpc) is 2.80. The number of ether oxygens (including phenoxy) is 1. The van der Waals surface area contributed by atoms with E-state index in [2.05, 4.69) is 48.4 Å². The summed E-state index contributed by atoms with van der Waals surface area (Å²) in [5.74, 6) is 2.48. The molecule has 186 valence electrons. The van der Waals surface area contributed by atoms with Crippen molar-refractivity contribution in [3.8, 4) is 0 Å². The van der Waals surface area contributed by atoms with Crippen LogP contribution in [0.2, 0.25) is 0 Å². The van der Waals surface area contributed by atoms with Crippen LogP contribution in [-0.4, -0.2) is 58.1 Å². The third kappa shape index (κ3) is 5.88. The van der Waals surface area contributed by atoms with E-state index >= 15 is 0 Å². The fraction of sp³-hybridized carbons (Fsp3) is 0.679. The molecule has 2 radical (unpaired) electrons. The van der Waals surface area contributed by atoms with Crippen molar-refractivity contribution in [2.24, 2.45) is 29.6 Å². The van der Waals surface area contributed by atoms with Gasteiger partial charge in [0.15, 0.2) is 0 Å². The van der Waals surface area contributed by atoms with Gasteiger partial charge in [-0.05, 0) is 80.5 Å². The van der Waals surface area contributed by atoms with Crippen LogP contribution in [0.15, 0.2) is 41.1 Å². The first kappa shape index (κ1) is 25.7. The van der Waals surface area contributed by atoms with Crippen LogP contribution >= 0.6 is 11.8 Å². The molecule has 1 N–H and O–H groups in total. The number of nitrogens with zero attached hydrogens (tertiary/aromatic N) is 2. The highest BCUT2D eigenvalue weighted by Gasteiger charge is 2.53. The Balaban J connectivity index is 1.38. The van der Waals surface area contributed by atoms with E-state index < -0.39 is 11.7 Å². The second kappa shape index (κ2) is 11.1. The van der Waals surface area contributed by atoms with Crippen LogP contribution in [-0.2, 0) is 9.53 Å². The summed E-state index contributed by atoms with van der Waals surface area (Å²) in [6, 6.07) is 6.12. The van der Waals surface area contributed by atoms with Crippen LogP contribution < -0.4 is 0 Å². The first-order valence-electron chi connectivity index (χ1n) is 12.9. The van der Waals surface area contributed by atoms with Crippen molar-refractivity contribution in [3.63, 3.8) is 0 Å². The van der Waals surface area contributed by atoms with E-state index in [1.54, 1.807) is 0 Å². The normalized spacial score (nSPS) is 35.2. The second-order valence-corrected chi connectivity index (χ2v) is 11.8. The molecule has 2 aliphatic carbocycles. The first-order chi connectivity index (χ1) is 16.3. The Morgan fingerprint density at radius 1 is 1.38 bits per heavy atom. The van der Waals surface area contributed by atoms with E-state index in [0.29, 0.717) is 17.8 Å². The summed E-state index contributed by atoms with van der Waals surface area (Å²) in [7, 11) is 0. The van der Waals surface area contributed by atoms with Gasteiger partial charge in [-0.2, -0.15) is 0 Å². The maximum atomic E-state index is 11.7. The molecule has 0 amide bonds. The quantitative estimate of drug-likeness (QED) is 0.338. The molecule has 1 aromatic heterocycles. The molecule has 5 nitrogen and oxygen atoms in total. The molecule has 1 saturated heterocycles. The lowest BCUT2D eigenvalue weighted by molar-refractivity contribution is -0.148. The zero-order chi connectivity index (χ0) is 24.3. The van der Waals surface area contributed by atoms with E-state index in [0.717, 1.165) is 48.8 Å². The van der Waals surface area contributed by atoms with Gasteiger partial charge in [-0.1, -0.05) is 26.0 Å². The highest BCUT2D eigenvalue weighted by Crippen LogP contribution is 2.51. The largest absolute Gasteiger partial charge is 0.457 e. The van der Waals surface area contributed by atoms with Crippen molar-refractivity contribution in [2.75, 3.05) is 25.4 Å². The van der Waals surface area contributed by atoms with E-state index in [1.165, 1.54) is 19.8 Å². The predicted molar refractivity (Wildman–Crippen MR) is 136 cm³/mol. The minimum Gasteiger partial charge on any atom is -0.457 e. The fourth-order valence-corrected chi connectivity index (χ4v) is 7.23. The molecule has 3 aliphatic rings. The number of esters is 1. The number of hydrogen-bond acceptors (Lipinski definition) is 6. The van der Waals surface area contributed by atoms with Crippen LogP contribution in [0.25, 0.3) is 0 Å². The summed E-state index contributed by atoms with van der Waals surface area (Å²) in [4.78, 5) is 18.7. The third-order valence-corrected chi connectivity index (χ3v) is 9.32. The van der Waals surface area contributed by atoms with E-state index in [1.807, 2.05) is 30.9 Å². The lowest BCUT2D eigenvalue weighted by atomic mass is 9.57. The number of aromatic nitrogens is 1. The number of fused-ring (bicyclic) bond motifs is 1. The Morgan fingerprint density at radius 3 is 2.94 bits per heavy atom. The molecule has 1 saturated carbocycles. The van der Waals surface area contributed by atoms with Gasteiger partial charge in [-0.15, -0.1) is 11.8 Å². The number of piperidine rings is 1. The molecular formula is C28H40N2O3S. The number of pyridine rings is 1. The van der Waals surface area contributed by atoms with Crippen molar-refractivity contribution in [2.45, 2.75) is 70.1 Å². The molecule has 2 heterocycles. The number of aliphatic hydroxyl groups is 1. The lowest BCUT2D eigenvalue weighted by Crippen LogP contribution is -2.57. The fourth-order valence-electron chi connectivity index (χ4n) is 6.24. The number of carbonyl (C=O) groups excluding carboxylic acids is 1. The molecule has 1 unspecified atom stereocenters. The van der Waals surface area contributed by atoms with E-state index in [-0.39, 0.29) is 17.8 Å². The Hall–Kier alpha value is -1.37. The number of thioether (sulfide) groups is 1. The highest BCUT2D eigenvalue weighted by atomic mass is 32.2. The first-order valence-corrected chi connectivity index (χ1v) is 13.9. The number of carbonyl (C=O) groups is 1. The lowest BCUT2D eigenvalue weighted by Gasteiger charge is -2.53. The third-order valence-electron chi connectivity index (χ3n) is 8.14. The van der Waals surface area contributed by atoms with Crippen molar-refractivity contribution < 1.29 is 14.6 Å². The van der Waals surface area contributed by atoms with E-state index in [4.69, 9.17) is 4.74 Å². The molecule has 7 atom stereocenters. The van der Waals surface area contributed by atoms with Gasteiger partial charge in [0, 0.05) is 37.9 Å². The minimum absolute atomic E-state index is 0.0263. The number of hydrogen-bond donors (Lipinski definition) is 1. The van der Waals surface area contributed by atoms with Crippen LogP contribution in [0.4, 0.5) is 0 Å². The molecule has 0 aromatic carbocycles.